The number of aromatic nitrogens is 3. The van der Waals surface area contributed by atoms with Crippen molar-refractivity contribution in [1.82, 2.24) is 14.8 Å². The van der Waals surface area contributed by atoms with Crippen LogP contribution >= 0.6 is 11.8 Å². The normalized spacial score (nSPS) is 15.2. The third-order valence-corrected chi connectivity index (χ3v) is 5.29. The van der Waals surface area contributed by atoms with Crippen molar-refractivity contribution in [3.63, 3.8) is 0 Å². The Hall–Kier alpha value is -2.40. The van der Waals surface area contributed by atoms with Crippen LogP contribution in [0.4, 0.5) is 5.69 Å². The Balaban J connectivity index is 1.95. The van der Waals surface area contributed by atoms with Crippen LogP contribution in [0.5, 0.6) is 0 Å². The van der Waals surface area contributed by atoms with Gasteiger partial charge in [-0.2, -0.15) is 5.26 Å². The fraction of sp³-hybridized carbons (Fsp3) is 0.438. The first kappa shape index (κ1) is 16.5. The zero-order chi connectivity index (χ0) is 17.1. The van der Waals surface area contributed by atoms with E-state index in [-0.39, 0.29) is 11.3 Å². The number of hydrogen-bond donors (Lipinski definition) is 0. The molecule has 124 valence electrons. The Morgan fingerprint density at radius 2 is 2.08 bits per heavy atom. The van der Waals surface area contributed by atoms with E-state index < -0.39 is 4.92 Å². The number of benzene rings is 1. The minimum atomic E-state index is -0.461. The van der Waals surface area contributed by atoms with Crippen LogP contribution in [0.15, 0.2) is 28.3 Å². The molecule has 3 rings (SSSR count). The lowest BCUT2D eigenvalue weighted by Gasteiger charge is -2.24. The predicted molar refractivity (Wildman–Crippen MR) is 88.8 cm³/mol. The Morgan fingerprint density at radius 3 is 2.75 bits per heavy atom. The van der Waals surface area contributed by atoms with Gasteiger partial charge < -0.3 is 4.57 Å². The highest BCUT2D eigenvalue weighted by Gasteiger charge is 2.24. The Kier molecular flexibility index (Phi) is 4.81. The molecule has 1 aromatic heterocycles. The maximum atomic E-state index is 11.3. The highest BCUT2D eigenvalue weighted by molar-refractivity contribution is 7.99. The van der Waals surface area contributed by atoms with E-state index in [1.165, 1.54) is 37.1 Å². The highest BCUT2D eigenvalue weighted by atomic mass is 32.2. The first-order chi connectivity index (χ1) is 11.6. The SMILES string of the molecule is Cc1nnc(Sc2ccc(C#N)cc2[N+](=O)[O-])n1C1CCCCC1. The molecular weight excluding hydrogens is 326 g/mol. The molecular formula is C16H17N5O2S. The smallest absolute Gasteiger partial charge is 0.284 e. The van der Waals surface area contributed by atoms with Crippen LogP contribution in [0.2, 0.25) is 0 Å². The summed E-state index contributed by atoms with van der Waals surface area (Å²) in [5.41, 5.74) is 0.200. The van der Waals surface area contributed by atoms with Crippen molar-refractivity contribution in [3.05, 3.63) is 39.7 Å². The summed E-state index contributed by atoms with van der Waals surface area (Å²) in [5.74, 6) is 0.834. The van der Waals surface area contributed by atoms with E-state index in [0.717, 1.165) is 18.7 Å². The molecule has 0 aliphatic heterocycles. The molecule has 0 radical (unpaired) electrons. The summed E-state index contributed by atoms with van der Waals surface area (Å²) in [7, 11) is 0. The van der Waals surface area contributed by atoms with Crippen molar-refractivity contribution >= 4 is 17.4 Å². The van der Waals surface area contributed by atoms with Crippen LogP contribution in [-0.4, -0.2) is 19.7 Å². The fourth-order valence-corrected chi connectivity index (χ4v) is 4.13. The van der Waals surface area contributed by atoms with E-state index in [9.17, 15) is 10.1 Å². The Labute approximate surface area is 143 Å². The summed E-state index contributed by atoms with van der Waals surface area (Å²) in [6, 6.07) is 6.79. The van der Waals surface area contributed by atoms with Gasteiger partial charge in [-0.3, -0.25) is 10.1 Å². The summed E-state index contributed by atoms with van der Waals surface area (Å²) < 4.78 is 2.10. The van der Waals surface area contributed by atoms with Crippen LogP contribution in [0.3, 0.4) is 0 Å². The summed E-state index contributed by atoms with van der Waals surface area (Å²) in [4.78, 5) is 11.3. The molecule has 1 saturated carbocycles. The third kappa shape index (κ3) is 3.26. The molecule has 24 heavy (non-hydrogen) atoms. The zero-order valence-corrected chi connectivity index (χ0v) is 14.1. The van der Waals surface area contributed by atoms with Crippen molar-refractivity contribution in [2.24, 2.45) is 0 Å². The van der Waals surface area contributed by atoms with Crippen LogP contribution in [0.1, 0.15) is 49.5 Å². The topological polar surface area (TPSA) is 97.6 Å². The second kappa shape index (κ2) is 7.01. The predicted octanol–water partition coefficient (Wildman–Crippen LogP) is 4.02. The first-order valence-electron chi connectivity index (χ1n) is 7.88. The summed E-state index contributed by atoms with van der Waals surface area (Å²) >= 11 is 1.24. The fourth-order valence-electron chi connectivity index (χ4n) is 3.09. The number of nitro benzene ring substituents is 1. The third-order valence-electron chi connectivity index (χ3n) is 4.26. The Bertz CT molecular complexity index is 805. The molecule has 2 aromatic rings. The molecule has 0 saturated heterocycles. The summed E-state index contributed by atoms with van der Waals surface area (Å²) in [6.45, 7) is 1.92. The van der Waals surface area contributed by atoms with Crippen molar-refractivity contribution in [3.8, 4) is 6.07 Å². The van der Waals surface area contributed by atoms with Crippen molar-refractivity contribution in [1.29, 1.82) is 5.26 Å². The van der Waals surface area contributed by atoms with Gasteiger partial charge in [-0.25, -0.2) is 0 Å². The lowest BCUT2D eigenvalue weighted by Crippen LogP contribution is -2.15. The lowest BCUT2D eigenvalue weighted by atomic mass is 9.95. The van der Waals surface area contributed by atoms with E-state index in [4.69, 9.17) is 5.26 Å². The zero-order valence-electron chi connectivity index (χ0n) is 13.3. The van der Waals surface area contributed by atoms with Gasteiger partial charge in [0.05, 0.1) is 21.5 Å². The van der Waals surface area contributed by atoms with Gasteiger partial charge in [-0.1, -0.05) is 19.3 Å². The highest BCUT2D eigenvalue weighted by Crippen LogP contribution is 2.38. The van der Waals surface area contributed by atoms with Crippen LogP contribution in [-0.2, 0) is 0 Å². The van der Waals surface area contributed by atoms with Gasteiger partial charge >= 0.3 is 0 Å². The van der Waals surface area contributed by atoms with E-state index in [1.54, 1.807) is 12.1 Å². The largest absolute Gasteiger partial charge is 0.303 e. The van der Waals surface area contributed by atoms with Crippen molar-refractivity contribution in [2.45, 2.75) is 55.1 Å². The number of hydrogen-bond acceptors (Lipinski definition) is 6. The van der Waals surface area contributed by atoms with Crippen LogP contribution in [0, 0.1) is 28.4 Å². The van der Waals surface area contributed by atoms with E-state index in [0.29, 0.717) is 16.1 Å². The van der Waals surface area contributed by atoms with E-state index >= 15 is 0 Å². The molecule has 8 heteroatoms. The molecule has 1 heterocycles. The first-order valence-corrected chi connectivity index (χ1v) is 8.69. The van der Waals surface area contributed by atoms with Gasteiger partial charge in [0.1, 0.15) is 5.82 Å². The maximum Gasteiger partial charge on any atom is 0.284 e. The summed E-state index contributed by atoms with van der Waals surface area (Å²) in [5, 5.41) is 29.3. The second-order valence-electron chi connectivity index (χ2n) is 5.85. The van der Waals surface area contributed by atoms with Crippen LogP contribution < -0.4 is 0 Å². The minimum Gasteiger partial charge on any atom is -0.303 e. The van der Waals surface area contributed by atoms with E-state index in [2.05, 4.69) is 14.8 Å². The van der Waals surface area contributed by atoms with Gasteiger partial charge in [0.25, 0.3) is 5.69 Å². The lowest BCUT2D eigenvalue weighted by molar-refractivity contribution is -0.387. The molecule has 0 spiro atoms. The molecule has 7 nitrogen and oxygen atoms in total. The molecule has 1 aliphatic carbocycles. The number of nitriles is 1. The number of nitrogens with zero attached hydrogens (tertiary/aromatic N) is 5. The molecule has 1 aromatic carbocycles. The Morgan fingerprint density at radius 1 is 1.33 bits per heavy atom. The van der Waals surface area contributed by atoms with E-state index in [1.807, 2.05) is 13.0 Å². The molecule has 1 aliphatic rings. The molecule has 0 N–H and O–H groups in total. The van der Waals surface area contributed by atoms with Gasteiger partial charge in [0, 0.05) is 12.1 Å². The standard InChI is InChI=1S/C16H17N5O2S/c1-11-18-19-16(20(11)13-5-3-2-4-6-13)24-15-8-7-12(10-17)9-14(15)21(22)23/h7-9,13H,2-6H2,1H3. The molecule has 0 bridgehead atoms. The van der Waals surface area contributed by atoms with Crippen LogP contribution in [0.25, 0.3) is 0 Å². The average Bonchev–Trinajstić information content (AvgIpc) is 2.96. The van der Waals surface area contributed by atoms with Gasteiger partial charge in [0.15, 0.2) is 5.16 Å². The maximum absolute atomic E-state index is 11.3. The quantitative estimate of drug-likeness (QED) is 0.614. The van der Waals surface area contributed by atoms with Crippen molar-refractivity contribution < 1.29 is 4.92 Å². The van der Waals surface area contributed by atoms with Gasteiger partial charge in [-0.05, 0) is 43.7 Å². The minimum absolute atomic E-state index is 0.0742. The second-order valence-corrected chi connectivity index (χ2v) is 6.85. The molecule has 0 atom stereocenters. The molecule has 0 amide bonds. The number of rotatable bonds is 4. The monoisotopic (exact) mass is 343 g/mol. The van der Waals surface area contributed by atoms with Crippen molar-refractivity contribution in [2.75, 3.05) is 0 Å². The van der Waals surface area contributed by atoms with Gasteiger partial charge in [0.2, 0.25) is 0 Å². The average molecular weight is 343 g/mol. The van der Waals surface area contributed by atoms with Gasteiger partial charge in [-0.15, -0.1) is 10.2 Å². The summed E-state index contributed by atoms with van der Waals surface area (Å²) in [6.07, 6.45) is 5.79. The number of nitro groups is 1. The molecule has 0 unspecified atom stereocenters. The number of aryl methyl sites for hydroxylation is 1. The molecule has 1 fully saturated rings.